The fraction of sp³-hybridized carbons (Fsp3) is 0.500. The standard InChI is InChI=1S/C16H24N6O3/c1-7-22-11(3)15(10(2)18-22)17-16(24)12-8-14(21(6)19-12)25-9-13(23)20(4)5/h8H,7,9H2,1-6H3,(H,17,24). The van der Waals surface area contributed by atoms with Crippen LogP contribution in [-0.4, -0.2) is 57.0 Å². The Balaban J connectivity index is 2.12. The van der Waals surface area contributed by atoms with Crippen LogP contribution in [0.4, 0.5) is 5.69 Å². The van der Waals surface area contributed by atoms with Gasteiger partial charge in [-0.2, -0.15) is 10.2 Å². The molecule has 0 radical (unpaired) electrons. The summed E-state index contributed by atoms with van der Waals surface area (Å²) < 4.78 is 8.67. The van der Waals surface area contributed by atoms with Gasteiger partial charge in [0.25, 0.3) is 11.8 Å². The van der Waals surface area contributed by atoms with Gasteiger partial charge in [0.15, 0.2) is 12.3 Å². The first-order chi connectivity index (χ1) is 11.7. The van der Waals surface area contributed by atoms with E-state index in [0.29, 0.717) is 11.6 Å². The predicted molar refractivity (Wildman–Crippen MR) is 92.7 cm³/mol. The predicted octanol–water partition coefficient (Wildman–Crippen LogP) is 0.973. The third-order valence-electron chi connectivity index (χ3n) is 3.83. The van der Waals surface area contributed by atoms with Gasteiger partial charge < -0.3 is 15.0 Å². The van der Waals surface area contributed by atoms with E-state index in [1.54, 1.807) is 21.1 Å². The SMILES string of the molecule is CCn1nc(C)c(NC(=O)c2cc(OCC(=O)N(C)C)n(C)n2)c1C. The lowest BCUT2D eigenvalue weighted by atomic mass is 10.3. The van der Waals surface area contributed by atoms with Crippen molar-refractivity contribution in [2.75, 3.05) is 26.0 Å². The van der Waals surface area contributed by atoms with E-state index < -0.39 is 0 Å². The zero-order valence-electron chi connectivity index (χ0n) is 15.5. The van der Waals surface area contributed by atoms with Crippen LogP contribution >= 0.6 is 0 Å². The van der Waals surface area contributed by atoms with Gasteiger partial charge >= 0.3 is 0 Å². The van der Waals surface area contributed by atoms with Crippen LogP contribution in [0.5, 0.6) is 5.88 Å². The van der Waals surface area contributed by atoms with Crippen LogP contribution in [0.1, 0.15) is 28.8 Å². The minimum atomic E-state index is -0.355. The van der Waals surface area contributed by atoms with E-state index in [0.717, 1.165) is 17.9 Å². The smallest absolute Gasteiger partial charge is 0.276 e. The molecule has 0 saturated carbocycles. The van der Waals surface area contributed by atoms with Crippen molar-refractivity contribution in [3.05, 3.63) is 23.1 Å². The van der Waals surface area contributed by atoms with Crippen molar-refractivity contribution in [3.63, 3.8) is 0 Å². The van der Waals surface area contributed by atoms with E-state index in [1.165, 1.54) is 15.6 Å². The molecule has 0 spiro atoms. The highest BCUT2D eigenvalue weighted by molar-refractivity contribution is 6.03. The number of hydrogen-bond acceptors (Lipinski definition) is 5. The van der Waals surface area contributed by atoms with Gasteiger partial charge in [-0.1, -0.05) is 0 Å². The zero-order valence-corrected chi connectivity index (χ0v) is 15.5. The summed E-state index contributed by atoms with van der Waals surface area (Å²) in [5.74, 6) is -0.185. The largest absolute Gasteiger partial charge is 0.468 e. The second-order valence-electron chi connectivity index (χ2n) is 5.88. The Bertz CT molecular complexity index is 790. The highest BCUT2D eigenvalue weighted by Crippen LogP contribution is 2.21. The summed E-state index contributed by atoms with van der Waals surface area (Å²) in [6, 6.07) is 1.51. The molecule has 0 atom stereocenters. The highest BCUT2D eigenvalue weighted by Gasteiger charge is 2.18. The number of carbonyl (C=O) groups is 2. The van der Waals surface area contributed by atoms with Crippen molar-refractivity contribution in [1.29, 1.82) is 0 Å². The molecule has 0 bridgehead atoms. The Morgan fingerprint density at radius 1 is 1.28 bits per heavy atom. The molecule has 9 nitrogen and oxygen atoms in total. The third kappa shape index (κ3) is 3.98. The van der Waals surface area contributed by atoms with Gasteiger partial charge in [0.1, 0.15) is 0 Å². The molecule has 25 heavy (non-hydrogen) atoms. The van der Waals surface area contributed by atoms with E-state index >= 15 is 0 Å². The number of aryl methyl sites for hydroxylation is 3. The molecular formula is C16H24N6O3. The van der Waals surface area contributed by atoms with Gasteiger partial charge in [-0.05, 0) is 20.8 Å². The lowest BCUT2D eigenvalue weighted by Gasteiger charge is -2.10. The molecule has 0 unspecified atom stereocenters. The van der Waals surface area contributed by atoms with Crippen LogP contribution in [0.3, 0.4) is 0 Å². The van der Waals surface area contributed by atoms with Crippen molar-refractivity contribution in [2.45, 2.75) is 27.3 Å². The van der Waals surface area contributed by atoms with Crippen LogP contribution in [0.25, 0.3) is 0 Å². The number of nitrogens with zero attached hydrogens (tertiary/aromatic N) is 5. The summed E-state index contributed by atoms with van der Waals surface area (Å²) in [6.07, 6.45) is 0. The van der Waals surface area contributed by atoms with Crippen LogP contribution in [0.2, 0.25) is 0 Å². The van der Waals surface area contributed by atoms with E-state index in [-0.39, 0.29) is 24.1 Å². The number of amides is 2. The average Bonchev–Trinajstić information content (AvgIpc) is 3.06. The van der Waals surface area contributed by atoms with E-state index in [9.17, 15) is 9.59 Å². The number of carbonyl (C=O) groups excluding carboxylic acids is 2. The molecule has 0 aliphatic carbocycles. The van der Waals surface area contributed by atoms with Crippen LogP contribution in [0, 0.1) is 13.8 Å². The Kier molecular flexibility index (Phi) is 5.45. The maximum Gasteiger partial charge on any atom is 0.276 e. The molecule has 0 aromatic carbocycles. The summed E-state index contributed by atoms with van der Waals surface area (Å²) in [6.45, 7) is 6.34. The molecule has 2 rings (SSSR count). The Labute approximate surface area is 146 Å². The number of ether oxygens (including phenoxy) is 1. The summed E-state index contributed by atoms with van der Waals surface area (Å²) in [5, 5.41) is 11.4. The number of anilines is 1. The molecule has 1 N–H and O–H groups in total. The number of nitrogens with one attached hydrogen (secondary N) is 1. The van der Waals surface area contributed by atoms with Gasteiger partial charge in [-0.25, -0.2) is 4.68 Å². The molecule has 0 aliphatic heterocycles. The third-order valence-corrected chi connectivity index (χ3v) is 3.83. The average molecular weight is 348 g/mol. The normalized spacial score (nSPS) is 10.6. The molecule has 2 aromatic rings. The summed E-state index contributed by atoms with van der Waals surface area (Å²) in [5.41, 5.74) is 2.52. The minimum absolute atomic E-state index is 0.116. The summed E-state index contributed by atoms with van der Waals surface area (Å²) in [4.78, 5) is 25.5. The quantitative estimate of drug-likeness (QED) is 0.839. The summed E-state index contributed by atoms with van der Waals surface area (Å²) >= 11 is 0. The molecule has 136 valence electrons. The fourth-order valence-corrected chi connectivity index (χ4v) is 2.32. The lowest BCUT2D eigenvalue weighted by Crippen LogP contribution is -2.27. The number of likely N-dealkylation sites (N-methyl/N-ethyl adjacent to an activating group) is 1. The summed E-state index contributed by atoms with van der Waals surface area (Å²) in [7, 11) is 4.95. The van der Waals surface area contributed by atoms with Gasteiger partial charge in [0.05, 0.1) is 17.1 Å². The van der Waals surface area contributed by atoms with Crippen molar-refractivity contribution in [2.24, 2.45) is 7.05 Å². The van der Waals surface area contributed by atoms with Crippen LogP contribution in [0.15, 0.2) is 6.07 Å². The Morgan fingerprint density at radius 2 is 1.96 bits per heavy atom. The zero-order chi connectivity index (χ0) is 18.7. The van der Waals surface area contributed by atoms with E-state index in [1.807, 2.05) is 25.5 Å². The number of aromatic nitrogens is 4. The first kappa shape index (κ1) is 18.5. The lowest BCUT2D eigenvalue weighted by molar-refractivity contribution is -0.130. The highest BCUT2D eigenvalue weighted by atomic mass is 16.5. The second-order valence-corrected chi connectivity index (χ2v) is 5.88. The van der Waals surface area contributed by atoms with E-state index in [2.05, 4.69) is 15.5 Å². The molecule has 0 saturated heterocycles. The molecule has 2 aromatic heterocycles. The van der Waals surface area contributed by atoms with Crippen molar-refractivity contribution >= 4 is 17.5 Å². The Hall–Kier alpha value is -2.84. The molecule has 0 fully saturated rings. The van der Waals surface area contributed by atoms with Gasteiger partial charge in [-0.3, -0.25) is 14.3 Å². The number of hydrogen-bond donors (Lipinski definition) is 1. The van der Waals surface area contributed by atoms with Gasteiger partial charge in [0.2, 0.25) is 5.88 Å². The van der Waals surface area contributed by atoms with E-state index in [4.69, 9.17) is 4.74 Å². The topological polar surface area (TPSA) is 94.3 Å². The monoisotopic (exact) mass is 348 g/mol. The fourth-order valence-electron chi connectivity index (χ4n) is 2.32. The first-order valence-electron chi connectivity index (χ1n) is 7.96. The molecule has 2 heterocycles. The number of rotatable bonds is 6. The molecule has 2 amide bonds. The van der Waals surface area contributed by atoms with Gasteiger partial charge in [0, 0.05) is 33.8 Å². The minimum Gasteiger partial charge on any atom is -0.468 e. The first-order valence-corrected chi connectivity index (χ1v) is 7.96. The molecule has 0 aliphatic rings. The second kappa shape index (κ2) is 7.37. The maximum atomic E-state index is 12.5. The molecule has 9 heteroatoms. The van der Waals surface area contributed by atoms with Crippen molar-refractivity contribution in [3.8, 4) is 5.88 Å². The maximum absolute atomic E-state index is 12.5. The van der Waals surface area contributed by atoms with Crippen molar-refractivity contribution < 1.29 is 14.3 Å². The van der Waals surface area contributed by atoms with Crippen molar-refractivity contribution in [1.82, 2.24) is 24.5 Å². The Morgan fingerprint density at radius 3 is 2.52 bits per heavy atom. The molecular weight excluding hydrogens is 324 g/mol. The van der Waals surface area contributed by atoms with Gasteiger partial charge in [-0.15, -0.1) is 0 Å². The van der Waals surface area contributed by atoms with Crippen LogP contribution in [-0.2, 0) is 18.4 Å². The van der Waals surface area contributed by atoms with Crippen LogP contribution < -0.4 is 10.1 Å².